The lowest BCUT2D eigenvalue weighted by Crippen LogP contribution is -2.33. The van der Waals surface area contributed by atoms with Gasteiger partial charge in [0, 0.05) is 18.7 Å². The van der Waals surface area contributed by atoms with Crippen LogP contribution in [-0.4, -0.2) is 69.1 Å². The SMILES string of the molecule is CCN(C)CCNC(=O)c1ccc(O)c2nc3c(C=O)c(O)c(C)c(O)c3nc12. The first-order valence-corrected chi connectivity index (χ1v) is 9.09. The smallest absolute Gasteiger partial charge is 0.253 e. The van der Waals surface area contributed by atoms with Crippen molar-refractivity contribution in [2.75, 3.05) is 26.7 Å². The molecular formula is C20H22N4O5. The van der Waals surface area contributed by atoms with Crippen molar-refractivity contribution in [2.24, 2.45) is 0 Å². The van der Waals surface area contributed by atoms with Gasteiger partial charge in [0.25, 0.3) is 5.91 Å². The fraction of sp³-hybridized carbons (Fsp3) is 0.300. The first-order valence-electron chi connectivity index (χ1n) is 9.09. The van der Waals surface area contributed by atoms with Gasteiger partial charge in [-0.2, -0.15) is 0 Å². The normalized spacial score (nSPS) is 11.3. The second-order valence-electron chi connectivity index (χ2n) is 6.76. The third-order valence-corrected chi connectivity index (χ3v) is 4.93. The van der Waals surface area contributed by atoms with E-state index in [1.807, 2.05) is 18.9 Å². The fourth-order valence-electron chi connectivity index (χ4n) is 2.99. The van der Waals surface area contributed by atoms with E-state index in [-0.39, 0.29) is 50.3 Å². The molecule has 0 aliphatic rings. The molecule has 152 valence electrons. The van der Waals surface area contributed by atoms with Crippen LogP contribution in [0.1, 0.15) is 33.2 Å². The number of hydrogen-bond acceptors (Lipinski definition) is 8. The third-order valence-electron chi connectivity index (χ3n) is 4.93. The molecule has 2 aromatic carbocycles. The number of aromatic nitrogens is 2. The molecule has 1 aromatic heterocycles. The van der Waals surface area contributed by atoms with E-state index in [0.29, 0.717) is 19.4 Å². The van der Waals surface area contributed by atoms with Crippen molar-refractivity contribution in [1.82, 2.24) is 20.2 Å². The van der Waals surface area contributed by atoms with Crippen molar-refractivity contribution in [3.63, 3.8) is 0 Å². The van der Waals surface area contributed by atoms with Gasteiger partial charge in [0.05, 0.1) is 11.1 Å². The molecule has 0 saturated heterocycles. The van der Waals surface area contributed by atoms with Crippen LogP contribution >= 0.6 is 0 Å². The summed E-state index contributed by atoms with van der Waals surface area (Å²) in [6.45, 7) is 5.37. The third kappa shape index (κ3) is 3.52. The molecule has 1 heterocycles. The Labute approximate surface area is 166 Å². The molecule has 1 amide bonds. The van der Waals surface area contributed by atoms with Crippen molar-refractivity contribution >= 4 is 34.3 Å². The largest absolute Gasteiger partial charge is 0.507 e. The van der Waals surface area contributed by atoms with E-state index in [1.54, 1.807) is 0 Å². The molecule has 0 atom stereocenters. The number of carbonyl (C=O) groups is 2. The second-order valence-corrected chi connectivity index (χ2v) is 6.76. The number of likely N-dealkylation sites (N-methyl/N-ethyl adjacent to an activating group) is 1. The molecule has 3 aromatic rings. The Balaban J connectivity index is 2.18. The molecule has 0 fully saturated rings. The monoisotopic (exact) mass is 398 g/mol. The quantitative estimate of drug-likeness (QED) is 0.364. The highest BCUT2D eigenvalue weighted by Gasteiger charge is 2.22. The number of aldehydes is 1. The number of amides is 1. The molecule has 0 radical (unpaired) electrons. The van der Waals surface area contributed by atoms with E-state index in [9.17, 15) is 24.9 Å². The summed E-state index contributed by atoms with van der Waals surface area (Å²) in [4.78, 5) is 34.7. The van der Waals surface area contributed by atoms with Crippen LogP contribution in [0.2, 0.25) is 0 Å². The van der Waals surface area contributed by atoms with E-state index in [0.717, 1.165) is 6.54 Å². The number of nitrogens with zero attached hydrogens (tertiary/aromatic N) is 3. The Morgan fingerprint density at radius 1 is 1.10 bits per heavy atom. The fourth-order valence-corrected chi connectivity index (χ4v) is 2.99. The highest BCUT2D eigenvalue weighted by atomic mass is 16.3. The van der Waals surface area contributed by atoms with E-state index < -0.39 is 11.7 Å². The number of fused-ring (bicyclic) bond motifs is 2. The summed E-state index contributed by atoms with van der Waals surface area (Å²) in [5.41, 5.74) is 0.0520. The number of phenolic OH excluding ortho intramolecular Hbond substituents is 3. The number of rotatable bonds is 6. The summed E-state index contributed by atoms with van der Waals surface area (Å²) >= 11 is 0. The zero-order valence-electron chi connectivity index (χ0n) is 16.4. The van der Waals surface area contributed by atoms with Crippen molar-refractivity contribution in [3.8, 4) is 17.2 Å². The van der Waals surface area contributed by atoms with Crippen molar-refractivity contribution in [3.05, 3.63) is 28.8 Å². The lowest BCUT2D eigenvalue weighted by molar-refractivity contribution is 0.0951. The van der Waals surface area contributed by atoms with E-state index in [4.69, 9.17) is 0 Å². The molecular weight excluding hydrogens is 376 g/mol. The van der Waals surface area contributed by atoms with Gasteiger partial charge < -0.3 is 25.5 Å². The summed E-state index contributed by atoms with van der Waals surface area (Å²) in [5.74, 6) is -1.41. The topological polar surface area (TPSA) is 136 Å². The standard InChI is InChI=1S/C20H22N4O5/c1-4-24(3)8-7-21-20(29)11-5-6-13(26)16-14(11)23-17-15(22-16)12(9-25)18(27)10(2)19(17)28/h5-6,9,26-28H,4,7-8H2,1-3H3,(H,21,29). The number of benzene rings is 2. The van der Waals surface area contributed by atoms with Crippen LogP contribution in [0.3, 0.4) is 0 Å². The van der Waals surface area contributed by atoms with Crippen LogP contribution in [0.15, 0.2) is 12.1 Å². The lowest BCUT2D eigenvalue weighted by atomic mass is 10.0. The number of carbonyl (C=O) groups excluding carboxylic acids is 2. The zero-order valence-corrected chi connectivity index (χ0v) is 16.4. The first kappa shape index (κ1) is 20.3. The van der Waals surface area contributed by atoms with Crippen LogP contribution in [0.4, 0.5) is 0 Å². The molecule has 0 unspecified atom stereocenters. The maximum Gasteiger partial charge on any atom is 0.253 e. The van der Waals surface area contributed by atoms with E-state index in [2.05, 4.69) is 15.3 Å². The second kappa shape index (κ2) is 7.88. The van der Waals surface area contributed by atoms with Crippen LogP contribution in [0.5, 0.6) is 17.2 Å². The summed E-state index contributed by atoms with van der Waals surface area (Å²) < 4.78 is 0. The Bertz CT molecular complexity index is 1130. The highest BCUT2D eigenvalue weighted by molar-refractivity contribution is 6.09. The van der Waals surface area contributed by atoms with E-state index >= 15 is 0 Å². The Kier molecular flexibility index (Phi) is 5.51. The molecule has 0 bridgehead atoms. The van der Waals surface area contributed by atoms with Crippen LogP contribution < -0.4 is 5.32 Å². The molecule has 0 aliphatic heterocycles. The Morgan fingerprint density at radius 3 is 2.45 bits per heavy atom. The van der Waals surface area contributed by atoms with Crippen LogP contribution in [-0.2, 0) is 0 Å². The summed E-state index contributed by atoms with van der Waals surface area (Å²) in [6.07, 6.45) is 0.405. The van der Waals surface area contributed by atoms with Gasteiger partial charge in [-0.05, 0) is 32.6 Å². The molecule has 4 N–H and O–H groups in total. The predicted molar refractivity (Wildman–Crippen MR) is 108 cm³/mol. The van der Waals surface area contributed by atoms with Gasteiger partial charge in [0.2, 0.25) is 0 Å². The van der Waals surface area contributed by atoms with Gasteiger partial charge in [0.15, 0.2) is 6.29 Å². The Hall–Kier alpha value is -3.46. The molecule has 0 aliphatic carbocycles. The number of phenols is 3. The minimum Gasteiger partial charge on any atom is -0.507 e. The van der Waals surface area contributed by atoms with Gasteiger partial charge in [-0.25, -0.2) is 9.97 Å². The molecule has 9 heteroatoms. The minimum atomic E-state index is -0.410. The summed E-state index contributed by atoms with van der Waals surface area (Å²) in [5, 5.41) is 33.5. The molecule has 3 rings (SSSR count). The summed E-state index contributed by atoms with van der Waals surface area (Å²) in [7, 11) is 1.94. The molecule has 0 saturated carbocycles. The molecule has 29 heavy (non-hydrogen) atoms. The highest BCUT2D eigenvalue weighted by Crippen LogP contribution is 2.38. The lowest BCUT2D eigenvalue weighted by Gasteiger charge is -2.15. The average Bonchev–Trinajstić information content (AvgIpc) is 2.72. The number of aromatic hydroxyl groups is 3. The number of nitrogens with one attached hydrogen (secondary N) is 1. The maximum absolute atomic E-state index is 12.7. The van der Waals surface area contributed by atoms with Crippen molar-refractivity contribution < 1.29 is 24.9 Å². The van der Waals surface area contributed by atoms with Crippen molar-refractivity contribution in [1.29, 1.82) is 0 Å². The predicted octanol–water partition coefficient (Wildman–Crippen LogP) is 1.70. The zero-order chi connectivity index (χ0) is 21.3. The first-order chi connectivity index (χ1) is 13.8. The van der Waals surface area contributed by atoms with Gasteiger partial charge in [0.1, 0.15) is 39.3 Å². The summed E-state index contributed by atoms with van der Waals surface area (Å²) in [6, 6.07) is 2.73. The molecule has 9 nitrogen and oxygen atoms in total. The maximum atomic E-state index is 12.7. The molecule has 0 spiro atoms. The minimum absolute atomic E-state index is 0.0124. The van der Waals surface area contributed by atoms with Crippen LogP contribution in [0, 0.1) is 6.92 Å². The number of hydrogen-bond donors (Lipinski definition) is 4. The van der Waals surface area contributed by atoms with Gasteiger partial charge in [-0.1, -0.05) is 6.92 Å². The Morgan fingerprint density at radius 2 is 1.79 bits per heavy atom. The van der Waals surface area contributed by atoms with Gasteiger partial charge in [-0.3, -0.25) is 9.59 Å². The van der Waals surface area contributed by atoms with Gasteiger partial charge in [-0.15, -0.1) is 0 Å². The van der Waals surface area contributed by atoms with Crippen molar-refractivity contribution in [2.45, 2.75) is 13.8 Å². The van der Waals surface area contributed by atoms with Gasteiger partial charge >= 0.3 is 0 Å². The average molecular weight is 398 g/mol. The van der Waals surface area contributed by atoms with Crippen LogP contribution in [0.25, 0.3) is 22.1 Å². The van der Waals surface area contributed by atoms with E-state index in [1.165, 1.54) is 19.1 Å².